The maximum Gasteiger partial charge on any atom is 0.419 e. The highest BCUT2D eigenvalue weighted by molar-refractivity contribution is 6.30. The van der Waals surface area contributed by atoms with E-state index in [2.05, 4.69) is 4.98 Å². The lowest BCUT2D eigenvalue weighted by Crippen LogP contribution is -2.07. The molecule has 0 unspecified atom stereocenters. The monoisotopic (exact) mass is 225 g/mol. The second kappa shape index (κ2) is 5.20. The van der Waals surface area contributed by atoms with E-state index in [4.69, 9.17) is 11.6 Å². The van der Waals surface area contributed by atoms with Gasteiger partial charge in [0.25, 0.3) is 0 Å². The minimum atomic E-state index is -4.42. The molecular formula is C9H11ClF3N. The van der Waals surface area contributed by atoms with E-state index in [1.54, 1.807) is 0 Å². The maximum atomic E-state index is 12.1. The van der Waals surface area contributed by atoms with E-state index in [-0.39, 0.29) is 0 Å². The average Bonchev–Trinajstić information content (AvgIpc) is 2.11. The van der Waals surface area contributed by atoms with Crippen LogP contribution in [0.25, 0.3) is 0 Å². The van der Waals surface area contributed by atoms with Crippen molar-refractivity contribution in [3.05, 3.63) is 28.5 Å². The SMILES string of the molecule is CC.Cc1cnc(Cl)c(C(F)(F)F)c1. The lowest BCUT2D eigenvalue weighted by Gasteiger charge is -2.07. The summed E-state index contributed by atoms with van der Waals surface area (Å²) in [5.74, 6) is 0. The normalized spacial score (nSPS) is 10.5. The summed E-state index contributed by atoms with van der Waals surface area (Å²) in [5.41, 5.74) is -0.448. The van der Waals surface area contributed by atoms with Gasteiger partial charge in [-0.25, -0.2) is 4.98 Å². The number of aryl methyl sites for hydroxylation is 1. The molecule has 14 heavy (non-hydrogen) atoms. The van der Waals surface area contributed by atoms with Crippen molar-refractivity contribution in [2.24, 2.45) is 0 Å². The Bertz CT molecular complexity index is 297. The van der Waals surface area contributed by atoms with Crippen molar-refractivity contribution >= 4 is 11.6 Å². The molecule has 1 aromatic rings. The Morgan fingerprint density at radius 3 is 2.14 bits per heavy atom. The molecule has 0 aliphatic carbocycles. The predicted octanol–water partition coefficient (Wildman–Crippen LogP) is 4.09. The van der Waals surface area contributed by atoms with E-state index >= 15 is 0 Å². The summed E-state index contributed by atoms with van der Waals surface area (Å²) in [5, 5.41) is -0.506. The first-order chi connectivity index (χ1) is 6.41. The van der Waals surface area contributed by atoms with Crippen LogP contribution in [0.5, 0.6) is 0 Å². The first-order valence-corrected chi connectivity index (χ1v) is 4.48. The third-order valence-corrected chi connectivity index (χ3v) is 1.58. The van der Waals surface area contributed by atoms with Gasteiger partial charge in [0, 0.05) is 6.20 Å². The van der Waals surface area contributed by atoms with Crippen molar-refractivity contribution in [2.75, 3.05) is 0 Å². The molecule has 0 aliphatic rings. The first kappa shape index (κ1) is 13.2. The number of pyridine rings is 1. The van der Waals surface area contributed by atoms with Crippen LogP contribution in [0.1, 0.15) is 25.0 Å². The molecule has 80 valence electrons. The molecule has 0 N–H and O–H groups in total. The van der Waals surface area contributed by atoms with Gasteiger partial charge >= 0.3 is 6.18 Å². The molecule has 0 bridgehead atoms. The molecule has 0 saturated carbocycles. The molecule has 5 heteroatoms. The molecule has 0 fully saturated rings. The number of nitrogens with zero attached hydrogens (tertiary/aromatic N) is 1. The third-order valence-electron chi connectivity index (χ3n) is 1.28. The topological polar surface area (TPSA) is 12.9 Å². The van der Waals surface area contributed by atoms with Crippen molar-refractivity contribution < 1.29 is 13.2 Å². The number of rotatable bonds is 0. The van der Waals surface area contributed by atoms with Gasteiger partial charge < -0.3 is 0 Å². The summed E-state index contributed by atoms with van der Waals surface area (Å²) in [7, 11) is 0. The predicted molar refractivity (Wildman–Crippen MR) is 50.3 cm³/mol. The lowest BCUT2D eigenvalue weighted by molar-refractivity contribution is -0.137. The zero-order valence-corrected chi connectivity index (χ0v) is 8.87. The molecular weight excluding hydrogens is 215 g/mol. The van der Waals surface area contributed by atoms with Crippen LogP contribution >= 0.6 is 11.6 Å². The molecule has 0 amide bonds. The highest BCUT2D eigenvalue weighted by Gasteiger charge is 2.33. The Labute approximate surface area is 85.9 Å². The van der Waals surface area contributed by atoms with E-state index in [0.29, 0.717) is 5.56 Å². The van der Waals surface area contributed by atoms with Gasteiger partial charge in [-0.3, -0.25) is 0 Å². The van der Waals surface area contributed by atoms with Crippen molar-refractivity contribution in [3.8, 4) is 0 Å². The molecule has 0 atom stereocenters. The Hall–Kier alpha value is -0.770. The van der Waals surface area contributed by atoms with Gasteiger partial charge in [0.1, 0.15) is 5.15 Å². The van der Waals surface area contributed by atoms with E-state index in [1.165, 1.54) is 13.1 Å². The van der Waals surface area contributed by atoms with E-state index in [9.17, 15) is 13.2 Å². The zero-order valence-electron chi connectivity index (χ0n) is 8.11. The number of hydrogen-bond acceptors (Lipinski definition) is 1. The Morgan fingerprint density at radius 2 is 1.79 bits per heavy atom. The Balaban J connectivity index is 0.000000791. The third kappa shape index (κ3) is 3.54. The molecule has 0 spiro atoms. The Morgan fingerprint density at radius 1 is 1.29 bits per heavy atom. The van der Waals surface area contributed by atoms with Crippen molar-refractivity contribution in [2.45, 2.75) is 26.9 Å². The van der Waals surface area contributed by atoms with Crippen molar-refractivity contribution in [1.29, 1.82) is 0 Å². The van der Waals surface area contributed by atoms with E-state index in [1.807, 2.05) is 13.8 Å². The van der Waals surface area contributed by atoms with Gasteiger partial charge in [0.05, 0.1) is 5.56 Å². The molecule has 1 nitrogen and oxygen atoms in total. The van der Waals surface area contributed by atoms with Crippen molar-refractivity contribution in [1.82, 2.24) is 4.98 Å². The van der Waals surface area contributed by atoms with Gasteiger partial charge in [0.15, 0.2) is 0 Å². The maximum absolute atomic E-state index is 12.1. The van der Waals surface area contributed by atoms with Gasteiger partial charge in [-0.2, -0.15) is 13.2 Å². The molecule has 0 aliphatic heterocycles. The van der Waals surface area contributed by atoms with Gasteiger partial charge in [-0.05, 0) is 18.6 Å². The van der Waals surface area contributed by atoms with Crippen LogP contribution in [0, 0.1) is 6.92 Å². The van der Waals surface area contributed by atoms with Crippen LogP contribution in [0.15, 0.2) is 12.3 Å². The summed E-state index contributed by atoms with van der Waals surface area (Å²) >= 11 is 5.25. The van der Waals surface area contributed by atoms with Crippen LogP contribution in [-0.4, -0.2) is 4.98 Å². The second-order valence-electron chi connectivity index (χ2n) is 2.35. The summed E-state index contributed by atoms with van der Waals surface area (Å²) in [6.07, 6.45) is -3.13. The zero-order chi connectivity index (χ0) is 11.4. The molecule has 1 heterocycles. The highest BCUT2D eigenvalue weighted by Crippen LogP contribution is 2.33. The summed E-state index contributed by atoms with van der Waals surface area (Å²) < 4.78 is 36.3. The van der Waals surface area contributed by atoms with Crippen LogP contribution in [0.3, 0.4) is 0 Å². The largest absolute Gasteiger partial charge is 0.419 e. The summed E-state index contributed by atoms with van der Waals surface area (Å²) in [6.45, 7) is 5.53. The highest BCUT2D eigenvalue weighted by atomic mass is 35.5. The fourth-order valence-corrected chi connectivity index (χ4v) is 0.962. The van der Waals surface area contributed by atoms with Gasteiger partial charge in [-0.1, -0.05) is 25.4 Å². The number of alkyl halides is 3. The van der Waals surface area contributed by atoms with E-state index < -0.39 is 16.9 Å². The molecule has 0 saturated heterocycles. The van der Waals surface area contributed by atoms with Crippen molar-refractivity contribution in [3.63, 3.8) is 0 Å². The molecule has 1 aromatic heterocycles. The fourth-order valence-electron chi connectivity index (χ4n) is 0.751. The van der Waals surface area contributed by atoms with Crippen LogP contribution in [0.4, 0.5) is 13.2 Å². The average molecular weight is 226 g/mol. The van der Waals surface area contributed by atoms with Gasteiger partial charge in [-0.15, -0.1) is 0 Å². The number of hydrogen-bond donors (Lipinski definition) is 0. The van der Waals surface area contributed by atoms with Crippen LogP contribution in [-0.2, 0) is 6.18 Å². The first-order valence-electron chi connectivity index (χ1n) is 4.10. The number of aromatic nitrogens is 1. The Kier molecular flexibility index (Phi) is 4.91. The van der Waals surface area contributed by atoms with Crippen LogP contribution in [0.2, 0.25) is 5.15 Å². The standard InChI is InChI=1S/C7H5ClF3N.C2H6/c1-4-2-5(7(9,10)11)6(8)12-3-4;1-2/h2-3H,1H3;1-2H3. The minimum Gasteiger partial charge on any atom is -0.244 e. The molecule has 0 aromatic carbocycles. The minimum absolute atomic E-state index is 0.437. The number of halogens is 4. The molecule has 0 radical (unpaired) electrons. The lowest BCUT2D eigenvalue weighted by atomic mass is 10.2. The smallest absolute Gasteiger partial charge is 0.244 e. The van der Waals surface area contributed by atoms with Crippen LogP contribution < -0.4 is 0 Å². The second-order valence-corrected chi connectivity index (χ2v) is 2.71. The summed E-state index contributed by atoms with van der Waals surface area (Å²) in [4.78, 5) is 3.39. The molecule has 1 rings (SSSR count). The van der Waals surface area contributed by atoms with Gasteiger partial charge in [0.2, 0.25) is 0 Å². The fraction of sp³-hybridized carbons (Fsp3) is 0.444. The summed E-state index contributed by atoms with van der Waals surface area (Å²) in [6, 6.07) is 0.968. The van der Waals surface area contributed by atoms with E-state index in [0.717, 1.165) is 6.07 Å². The quantitative estimate of drug-likeness (QED) is 0.606.